The molecule has 1 saturated heterocycles. The monoisotopic (exact) mass is 345 g/mol. The van der Waals surface area contributed by atoms with Crippen LogP contribution in [0.4, 0.5) is 23.7 Å². The van der Waals surface area contributed by atoms with Crippen molar-refractivity contribution in [3.05, 3.63) is 12.4 Å². The third kappa shape index (κ3) is 5.28. The van der Waals surface area contributed by atoms with E-state index in [-0.39, 0.29) is 12.0 Å². The number of piperidine rings is 1. The number of alkyl carbamates (subject to hydrolysis) is 1. The van der Waals surface area contributed by atoms with Crippen LogP contribution in [0.25, 0.3) is 0 Å². The van der Waals surface area contributed by atoms with Gasteiger partial charge in [0, 0.05) is 31.5 Å². The van der Waals surface area contributed by atoms with Crippen molar-refractivity contribution in [3.8, 4) is 0 Å². The molecule has 1 N–H and O–H groups in total. The lowest BCUT2D eigenvalue weighted by Gasteiger charge is -2.33. The van der Waals surface area contributed by atoms with Gasteiger partial charge in [-0.05, 0) is 33.6 Å². The average Bonchev–Trinajstić information content (AvgIpc) is 2.45. The normalized spacial score (nSPS) is 16.8. The first-order chi connectivity index (χ1) is 11.0. The highest BCUT2D eigenvalue weighted by Gasteiger charge is 2.28. The fourth-order valence-corrected chi connectivity index (χ4v) is 2.36. The van der Waals surface area contributed by atoms with Crippen LogP contribution in [-0.4, -0.2) is 47.8 Å². The Kier molecular flexibility index (Phi) is 5.24. The molecule has 1 aliphatic rings. The van der Waals surface area contributed by atoms with Gasteiger partial charge in [-0.1, -0.05) is 5.46 Å². The van der Waals surface area contributed by atoms with Crippen molar-refractivity contribution in [1.29, 1.82) is 0 Å². The molecule has 1 aromatic rings. The summed E-state index contributed by atoms with van der Waals surface area (Å²) in [5, 5.41) is 2.80. The van der Waals surface area contributed by atoms with Crippen LogP contribution in [0.1, 0.15) is 33.6 Å². The number of carbonyl (C=O) groups is 1. The molecule has 1 amide bonds. The molecule has 0 unspecified atom stereocenters. The zero-order valence-corrected chi connectivity index (χ0v) is 13.9. The number of aromatic nitrogens is 2. The minimum absolute atomic E-state index is 0.0334. The highest BCUT2D eigenvalue weighted by molar-refractivity contribution is 6.73. The molecule has 6 nitrogen and oxygen atoms in total. The molecule has 0 radical (unpaired) electrons. The molecule has 1 fully saturated rings. The van der Waals surface area contributed by atoms with Gasteiger partial charge in [0.25, 0.3) is 0 Å². The number of rotatable bonds is 3. The number of ether oxygens (including phenoxy) is 1. The van der Waals surface area contributed by atoms with Gasteiger partial charge >= 0.3 is 13.1 Å². The zero-order chi connectivity index (χ0) is 18.0. The summed E-state index contributed by atoms with van der Waals surface area (Å²) in [6.07, 6.45) is 2.45. The molecule has 0 atom stereocenters. The summed E-state index contributed by atoms with van der Waals surface area (Å²) < 4.78 is 42.9. The molecule has 10 heteroatoms. The topological polar surface area (TPSA) is 67.3 Å². The van der Waals surface area contributed by atoms with Crippen LogP contribution in [-0.2, 0) is 4.74 Å². The largest absolute Gasteiger partial charge is 0.512 e. The molecule has 0 aromatic carbocycles. The van der Waals surface area contributed by atoms with E-state index in [1.807, 2.05) is 0 Å². The van der Waals surface area contributed by atoms with Crippen LogP contribution in [0, 0.1) is 0 Å². The number of nitrogens with zero attached hydrogens (tertiary/aromatic N) is 3. The predicted octanol–water partition coefficient (Wildman–Crippen LogP) is 2.02. The van der Waals surface area contributed by atoms with Gasteiger partial charge in [0.1, 0.15) is 5.60 Å². The third-order valence-electron chi connectivity index (χ3n) is 3.53. The average molecular weight is 345 g/mol. The predicted molar refractivity (Wildman–Crippen MR) is 85.3 cm³/mol. The van der Waals surface area contributed by atoms with Crippen molar-refractivity contribution in [1.82, 2.24) is 15.3 Å². The van der Waals surface area contributed by atoms with E-state index >= 15 is 0 Å². The maximum absolute atomic E-state index is 12.6. The van der Waals surface area contributed by atoms with E-state index in [9.17, 15) is 17.7 Å². The van der Waals surface area contributed by atoms with Gasteiger partial charge < -0.3 is 27.9 Å². The smallest absolute Gasteiger partial charge is 0.445 e. The Morgan fingerprint density at radius 1 is 1.25 bits per heavy atom. The molecule has 134 valence electrons. The summed E-state index contributed by atoms with van der Waals surface area (Å²) in [5.41, 5.74) is -1.36. The van der Waals surface area contributed by atoms with E-state index in [0.29, 0.717) is 25.9 Å². The molecule has 2 rings (SSSR count). The van der Waals surface area contributed by atoms with Crippen LogP contribution < -0.4 is 15.7 Å². The number of hydrogen-bond acceptors (Lipinski definition) is 5. The highest BCUT2D eigenvalue weighted by Crippen LogP contribution is 2.17. The second kappa shape index (κ2) is 6.86. The van der Waals surface area contributed by atoms with Crippen molar-refractivity contribution in [2.75, 3.05) is 18.0 Å². The third-order valence-corrected chi connectivity index (χ3v) is 3.53. The quantitative estimate of drug-likeness (QED) is 0.849. The lowest BCUT2D eigenvalue weighted by atomic mass is 9.83. The first-order valence-electron chi connectivity index (χ1n) is 7.81. The second-order valence-corrected chi connectivity index (χ2v) is 6.80. The summed E-state index contributed by atoms with van der Waals surface area (Å²) in [7, 11) is 0. The number of amides is 1. The number of anilines is 1. The molecule has 0 saturated carbocycles. The summed E-state index contributed by atoms with van der Waals surface area (Å²) in [5.74, 6) is 0.273. The number of halogens is 3. The minimum Gasteiger partial charge on any atom is -0.445 e. The highest BCUT2D eigenvalue weighted by atomic mass is 19.4. The maximum atomic E-state index is 12.6. The van der Waals surface area contributed by atoms with E-state index in [4.69, 9.17) is 4.74 Å². The van der Waals surface area contributed by atoms with Gasteiger partial charge in [-0.2, -0.15) is 0 Å². The Bertz CT molecular complexity index is 567. The number of nitrogens with one attached hydrogen (secondary N) is 1. The molecule has 1 aromatic heterocycles. The van der Waals surface area contributed by atoms with Crippen molar-refractivity contribution >= 4 is 24.5 Å². The Balaban J connectivity index is 1.85. The zero-order valence-electron chi connectivity index (χ0n) is 13.9. The van der Waals surface area contributed by atoms with Crippen LogP contribution >= 0.6 is 0 Å². The van der Waals surface area contributed by atoms with E-state index in [1.54, 1.807) is 25.7 Å². The number of carbonyl (C=O) groups excluding carboxylic acids is 1. The van der Waals surface area contributed by atoms with Crippen LogP contribution in [0.2, 0.25) is 0 Å². The lowest BCUT2D eigenvalue weighted by Crippen LogP contribution is -2.46. The SMILES string of the molecule is CC(C)(C)OC(=O)NC1CCN(c2ncc([B-](F)(F)F)cn2)CC1. The van der Waals surface area contributed by atoms with Gasteiger partial charge in [0.05, 0.1) is 0 Å². The van der Waals surface area contributed by atoms with Gasteiger partial charge in [0.15, 0.2) is 0 Å². The summed E-state index contributed by atoms with van der Waals surface area (Å²) in [4.78, 5) is 21.1. The van der Waals surface area contributed by atoms with E-state index < -0.39 is 24.1 Å². The first kappa shape index (κ1) is 18.3. The Labute approximate surface area is 138 Å². The van der Waals surface area contributed by atoms with Crippen LogP contribution in [0.5, 0.6) is 0 Å². The molecule has 24 heavy (non-hydrogen) atoms. The standard InChI is InChI=1S/C14H21BF3N4O2/c1-14(2,3)24-13(23)21-11-4-6-22(7-5-11)12-19-8-10(9-20-12)15(16,17)18/h8-9,11H,4-7H2,1-3H3,(H,21,23)/q-1. The molecular weight excluding hydrogens is 324 g/mol. The summed E-state index contributed by atoms with van der Waals surface area (Å²) in [6, 6.07) is -0.0334. The van der Waals surface area contributed by atoms with Crippen molar-refractivity contribution in [3.63, 3.8) is 0 Å². The van der Waals surface area contributed by atoms with Crippen molar-refractivity contribution in [2.45, 2.75) is 45.3 Å². The summed E-state index contributed by atoms with van der Waals surface area (Å²) >= 11 is 0. The molecule has 0 aliphatic carbocycles. The van der Waals surface area contributed by atoms with E-state index in [1.165, 1.54) is 0 Å². The van der Waals surface area contributed by atoms with Crippen LogP contribution in [0.3, 0.4) is 0 Å². The molecule has 0 spiro atoms. The Morgan fingerprint density at radius 3 is 2.25 bits per heavy atom. The fourth-order valence-electron chi connectivity index (χ4n) is 2.36. The number of hydrogen-bond donors (Lipinski definition) is 1. The molecular formula is C14H21BF3N4O2-. The fraction of sp³-hybridized carbons (Fsp3) is 0.643. The first-order valence-corrected chi connectivity index (χ1v) is 7.81. The van der Waals surface area contributed by atoms with Crippen molar-refractivity contribution < 1.29 is 22.5 Å². The summed E-state index contributed by atoms with van der Waals surface area (Å²) in [6.45, 7) is 1.40. The van der Waals surface area contributed by atoms with Gasteiger partial charge in [0.2, 0.25) is 5.95 Å². The lowest BCUT2D eigenvalue weighted by molar-refractivity contribution is 0.0497. The van der Waals surface area contributed by atoms with Gasteiger partial charge in [-0.3, -0.25) is 0 Å². The maximum Gasteiger partial charge on any atom is 0.512 e. The molecule has 2 heterocycles. The van der Waals surface area contributed by atoms with Gasteiger partial charge in [-0.25, -0.2) is 14.8 Å². The minimum atomic E-state index is -5.08. The second-order valence-electron chi connectivity index (χ2n) is 6.80. The van der Waals surface area contributed by atoms with Crippen LogP contribution in [0.15, 0.2) is 12.4 Å². The molecule has 1 aliphatic heterocycles. The van der Waals surface area contributed by atoms with Crippen molar-refractivity contribution in [2.24, 2.45) is 0 Å². The van der Waals surface area contributed by atoms with Gasteiger partial charge in [-0.15, -0.1) is 0 Å². The molecule has 0 bridgehead atoms. The van der Waals surface area contributed by atoms with E-state index in [0.717, 1.165) is 12.4 Å². The Morgan fingerprint density at radius 2 is 1.79 bits per heavy atom. The Hall–Kier alpha value is -2.00. The van der Waals surface area contributed by atoms with E-state index in [2.05, 4.69) is 15.3 Å².